The van der Waals surface area contributed by atoms with E-state index in [-0.39, 0.29) is 5.91 Å². The third kappa shape index (κ3) is 4.18. The fourth-order valence-electron chi connectivity index (χ4n) is 2.01. The Bertz CT molecular complexity index is 197. The lowest BCUT2D eigenvalue weighted by atomic mass is 9.98. The molecule has 15 heavy (non-hydrogen) atoms. The first-order valence-corrected chi connectivity index (χ1v) is 5.74. The molecule has 1 rings (SSSR count). The Balaban J connectivity index is 2.25. The van der Waals surface area contributed by atoms with Gasteiger partial charge in [0.15, 0.2) is 0 Å². The van der Waals surface area contributed by atoms with Crippen LogP contribution in [0, 0.1) is 5.92 Å². The van der Waals surface area contributed by atoms with Crippen molar-refractivity contribution in [3.05, 3.63) is 0 Å². The van der Waals surface area contributed by atoms with Crippen molar-refractivity contribution in [3.8, 4) is 0 Å². The number of piperidine rings is 1. The van der Waals surface area contributed by atoms with Crippen LogP contribution in [0.5, 0.6) is 0 Å². The Labute approximate surface area is 91.8 Å². The summed E-state index contributed by atoms with van der Waals surface area (Å²) in [7, 11) is 1.66. The lowest BCUT2D eigenvalue weighted by Gasteiger charge is -2.32. The Kier molecular flexibility index (Phi) is 5.65. The zero-order valence-electron chi connectivity index (χ0n) is 9.58. The molecular weight excluding hydrogens is 192 g/mol. The monoisotopic (exact) mass is 214 g/mol. The van der Waals surface area contributed by atoms with E-state index in [2.05, 4.69) is 0 Å². The number of nitrogens with two attached hydrogens (primary N) is 1. The van der Waals surface area contributed by atoms with Gasteiger partial charge in [0.05, 0.1) is 0 Å². The van der Waals surface area contributed by atoms with Crippen molar-refractivity contribution in [3.63, 3.8) is 0 Å². The molecule has 1 heterocycles. The number of carbonyl (C=O) groups is 1. The summed E-state index contributed by atoms with van der Waals surface area (Å²) in [6.07, 6.45) is 3.68. The number of hydrogen-bond acceptors (Lipinski definition) is 3. The third-order valence-corrected chi connectivity index (χ3v) is 2.94. The number of hydrogen-bond donors (Lipinski definition) is 1. The van der Waals surface area contributed by atoms with E-state index in [1.165, 1.54) is 6.42 Å². The first kappa shape index (κ1) is 12.5. The van der Waals surface area contributed by atoms with E-state index < -0.39 is 0 Å². The lowest BCUT2D eigenvalue weighted by molar-refractivity contribution is -0.133. The molecule has 0 aliphatic carbocycles. The molecule has 1 fully saturated rings. The molecule has 1 aliphatic rings. The summed E-state index contributed by atoms with van der Waals surface area (Å²) >= 11 is 0. The van der Waals surface area contributed by atoms with Gasteiger partial charge in [0.25, 0.3) is 0 Å². The summed E-state index contributed by atoms with van der Waals surface area (Å²) in [4.78, 5) is 13.7. The van der Waals surface area contributed by atoms with Crippen molar-refractivity contribution in [2.45, 2.75) is 25.7 Å². The van der Waals surface area contributed by atoms with Gasteiger partial charge < -0.3 is 15.4 Å². The Morgan fingerprint density at radius 1 is 1.60 bits per heavy atom. The van der Waals surface area contributed by atoms with Gasteiger partial charge in [-0.1, -0.05) is 0 Å². The van der Waals surface area contributed by atoms with Crippen LogP contribution in [0.3, 0.4) is 0 Å². The molecule has 1 amide bonds. The van der Waals surface area contributed by atoms with Crippen LogP contribution >= 0.6 is 0 Å². The fourth-order valence-corrected chi connectivity index (χ4v) is 2.01. The quantitative estimate of drug-likeness (QED) is 0.682. The van der Waals surface area contributed by atoms with Gasteiger partial charge in [0, 0.05) is 33.2 Å². The molecule has 0 spiro atoms. The van der Waals surface area contributed by atoms with Crippen LogP contribution in [0.15, 0.2) is 0 Å². The van der Waals surface area contributed by atoms with Crippen LogP contribution < -0.4 is 5.73 Å². The van der Waals surface area contributed by atoms with Gasteiger partial charge in [-0.2, -0.15) is 0 Å². The van der Waals surface area contributed by atoms with E-state index in [1.807, 2.05) is 4.90 Å². The number of rotatable bonds is 5. The minimum Gasteiger partial charge on any atom is -0.385 e. The van der Waals surface area contributed by atoms with Crippen LogP contribution in [0.1, 0.15) is 25.7 Å². The molecule has 1 atom stereocenters. The first-order chi connectivity index (χ1) is 7.27. The number of ether oxygens (including phenoxy) is 1. The predicted octanol–water partition coefficient (Wildman–Crippen LogP) is 0.610. The molecule has 4 heteroatoms. The van der Waals surface area contributed by atoms with Crippen molar-refractivity contribution in [2.24, 2.45) is 11.7 Å². The van der Waals surface area contributed by atoms with Crippen molar-refractivity contribution in [1.82, 2.24) is 4.90 Å². The molecule has 4 nitrogen and oxygen atoms in total. The van der Waals surface area contributed by atoms with E-state index in [0.717, 1.165) is 25.9 Å². The Morgan fingerprint density at radius 3 is 3.07 bits per heavy atom. The highest BCUT2D eigenvalue weighted by Gasteiger charge is 2.21. The Morgan fingerprint density at radius 2 is 2.40 bits per heavy atom. The molecular formula is C11H22N2O2. The van der Waals surface area contributed by atoms with Crippen LogP contribution in [0.25, 0.3) is 0 Å². The normalized spacial score (nSPS) is 21.7. The Hall–Kier alpha value is -0.610. The number of methoxy groups -OCH3 is 1. The number of carbonyl (C=O) groups excluding carboxylic acids is 1. The molecule has 0 radical (unpaired) electrons. The summed E-state index contributed by atoms with van der Waals surface area (Å²) in [5.41, 5.74) is 5.63. The van der Waals surface area contributed by atoms with Gasteiger partial charge in [-0.3, -0.25) is 4.79 Å². The number of nitrogens with zero attached hydrogens (tertiary/aromatic N) is 1. The van der Waals surface area contributed by atoms with Crippen molar-refractivity contribution < 1.29 is 9.53 Å². The highest BCUT2D eigenvalue weighted by atomic mass is 16.5. The molecule has 1 unspecified atom stereocenters. The van der Waals surface area contributed by atoms with Gasteiger partial charge in [-0.05, 0) is 31.7 Å². The largest absolute Gasteiger partial charge is 0.385 e. The topological polar surface area (TPSA) is 55.6 Å². The summed E-state index contributed by atoms with van der Waals surface area (Å²) in [6, 6.07) is 0. The van der Waals surface area contributed by atoms with Gasteiger partial charge in [-0.25, -0.2) is 0 Å². The second kappa shape index (κ2) is 6.80. The second-order valence-electron chi connectivity index (χ2n) is 4.18. The number of likely N-dealkylation sites (tertiary alicyclic amines) is 1. The maximum atomic E-state index is 11.8. The van der Waals surface area contributed by atoms with E-state index in [9.17, 15) is 4.79 Å². The van der Waals surface area contributed by atoms with Gasteiger partial charge in [0.2, 0.25) is 5.91 Å². The van der Waals surface area contributed by atoms with Gasteiger partial charge in [-0.15, -0.1) is 0 Å². The average Bonchev–Trinajstić information content (AvgIpc) is 2.29. The first-order valence-electron chi connectivity index (χ1n) is 5.74. The minimum absolute atomic E-state index is 0.255. The average molecular weight is 214 g/mol. The fraction of sp³-hybridized carbons (Fsp3) is 0.909. The summed E-state index contributed by atoms with van der Waals surface area (Å²) < 4.78 is 4.93. The van der Waals surface area contributed by atoms with Gasteiger partial charge in [0.1, 0.15) is 0 Å². The number of amides is 1. The molecule has 2 N–H and O–H groups in total. The molecule has 0 bridgehead atoms. The zero-order chi connectivity index (χ0) is 11.1. The molecule has 0 saturated carbocycles. The second-order valence-corrected chi connectivity index (χ2v) is 4.18. The minimum atomic E-state index is 0.255. The molecule has 0 aromatic rings. The van der Waals surface area contributed by atoms with E-state index >= 15 is 0 Å². The van der Waals surface area contributed by atoms with E-state index in [1.54, 1.807) is 7.11 Å². The zero-order valence-corrected chi connectivity index (χ0v) is 9.58. The maximum absolute atomic E-state index is 11.8. The summed E-state index contributed by atoms with van der Waals surface area (Å²) in [5, 5.41) is 0. The molecule has 88 valence electrons. The summed E-state index contributed by atoms with van der Waals surface area (Å²) in [6.45, 7) is 3.12. The van der Waals surface area contributed by atoms with Crippen LogP contribution in [0.2, 0.25) is 0 Å². The lowest BCUT2D eigenvalue weighted by Crippen LogP contribution is -2.42. The highest BCUT2D eigenvalue weighted by Crippen LogP contribution is 2.16. The standard InChI is InChI=1S/C11H22N2O2/c1-15-7-3-5-11(14)13-6-2-4-10(8-12)9-13/h10H,2-9,12H2,1H3. The van der Waals surface area contributed by atoms with E-state index in [0.29, 0.717) is 25.5 Å². The SMILES string of the molecule is COCCCC(=O)N1CCCC(CN)C1. The summed E-state index contributed by atoms with van der Waals surface area (Å²) in [5.74, 6) is 0.760. The smallest absolute Gasteiger partial charge is 0.222 e. The predicted molar refractivity (Wildman–Crippen MR) is 59.5 cm³/mol. The molecule has 0 aromatic carbocycles. The van der Waals surface area contributed by atoms with Crippen molar-refractivity contribution in [2.75, 3.05) is 33.4 Å². The molecule has 1 aliphatic heterocycles. The highest BCUT2D eigenvalue weighted by molar-refractivity contribution is 5.76. The third-order valence-electron chi connectivity index (χ3n) is 2.94. The van der Waals surface area contributed by atoms with Crippen LogP contribution in [-0.4, -0.2) is 44.2 Å². The molecule has 1 saturated heterocycles. The van der Waals surface area contributed by atoms with E-state index in [4.69, 9.17) is 10.5 Å². The maximum Gasteiger partial charge on any atom is 0.222 e. The van der Waals surface area contributed by atoms with Crippen LogP contribution in [0.4, 0.5) is 0 Å². The van der Waals surface area contributed by atoms with Crippen LogP contribution in [-0.2, 0) is 9.53 Å². The van der Waals surface area contributed by atoms with Crippen molar-refractivity contribution in [1.29, 1.82) is 0 Å². The van der Waals surface area contributed by atoms with Gasteiger partial charge >= 0.3 is 0 Å². The van der Waals surface area contributed by atoms with Crippen molar-refractivity contribution >= 4 is 5.91 Å². The molecule has 0 aromatic heterocycles.